The molecule has 0 spiro atoms. The predicted molar refractivity (Wildman–Crippen MR) is 82.9 cm³/mol. The number of phenolic OH excluding ortho intramolecular Hbond substituents is 1. The van der Waals surface area contributed by atoms with Gasteiger partial charge in [-0.2, -0.15) is 5.10 Å². The van der Waals surface area contributed by atoms with Crippen molar-refractivity contribution in [2.75, 3.05) is 0 Å². The quantitative estimate of drug-likeness (QED) is 0.486. The standard InChI is InChI=1S/C14H10N4O6/c19-13-10(4-2-6-12(13)18(23)24)8-15-16-14(20)9-3-1-5-11(7-9)17(21)22/h1-8,19H,(H,16,20)/b15-8+. The highest BCUT2D eigenvalue weighted by atomic mass is 16.6. The minimum Gasteiger partial charge on any atom is -0.502 e. The van der Waals surface area contributed by atoms with Gasteiger partial charge in [0.1, 0.15) is 0 Å². The van der Waals surface area contributed by atoms with Gasteiger partial charge in [-0.05, 0) is 12.1 Å². The number of aromatic hydroxyl groups is 1. The lowest BCUT2D eigenvalue weighted by atomic mass is 10.2. The minimum absolute atomic E-state index is 0.0182. The number of nitrogens with zero attached hydrogens (tertiary/aromatic N) is 3. The molecule has 2 rings (SSSR count). The molecule has 0 aliphatic carbocycles. The van der Waals surface area contributed by atoms with E-state index in [1.165, 1.54) is 30.3 Å². The summed E-state index contributed by atoms with van der Waals surface area (Å²) >= 11 is 0. The number of rotatable bonds is 5. The van der Waals surface area contributed by atoms with Crippen LogP contribution in [0.15, 0.2) is 47.6 Å². The van der Waals surface area contributed by atoms with Gasteiger partial charge in [0.05, 0.1) is 16.1 Å². The summed E-state index contributed by atoms with van der Waals surface area (Å²) in [4.78, 5) is 31.8. The smallest absolute Gasteiger partial charge is 0.311 e. The van der Waals surface area contributed by atoms with Crippen LogP contribution in [0.5, 0.6) is 5.75 Å². The highest BCUT2D eigenvalue weighted by Crippen LogP contribution is 2.27. The number of nitro groups is 2. The third kappa shape index (κ3) is 3.68. The summed E-state index contributed by atoms with van der Waals surface area (Å²) in [5, 5.41) is 34.7. The topological polar surface area (TPSA) is 148 Å². The van der Waals surface area contributed by atoms with E-state index in [1.54, 1.807) is 0 Å². The Kier molecular flexibility index (Phi) is 4.80. The minimum atomic E-state index is -0.756. The monoisotopic (exact) mass is 330 g/mol. The Bertz CT molecular complexity index is 849. The Morgan fingerprint density at radius 3 is 2.50 bits per heavy atom. The molecule has 10 nitrogen and oxygen atoms in total. The molecule has 2 aromatic carbocycles. The third-order valence-corrected chi connectivity index (χ3v) is 2.93. The molecule has 2 aromatic rings. The molecule has 0 aliphatic heterocycles. The largest absolute Gasteiger partial charge is 0.502 e. The van der Waals surface area contributed by atoms with Crippen LogP contribution in [0.3, 0.4) is 0 Å². The molecular weight excluding hydrogens is 320 g/mol. The van der Waals surface area contributed by atoms with E-state index in [1.807, 2.05) is 0 Å². The summed E-state index contributed by atoms with van der Waals surface area (Å²) in [6, 6.07) is 8.87. The first-order valence-electron chi connectivity index (χ1n) is 6.44. The summed E-state index contributed by atoms with van der Waals surface area (Å²) in [7, 11) is 0. The van der Waals surface area contributed by atoms with Crippen LogP contribution in [0, 0.1) is 20.2 Å². The molecule has 24 heavy (non-hydrogen) atoms. The number of para-hydroxylation sites is 1. The summed E-state index contributed by atoms with van der Waals surface area (Å²) in [6.07, 6.45) is 1.03. The number of hydrazone groups is 1. The first-order chi connectivity index (χ1) is 11.4. The average Bonchev–Trinajstić information content (AvgIpc) is 2.56. The summed E-state index contributed by atoms with van der Waals surface area (Å²) in [5.41, 5.74) is 1.42. The molecule has 0 saturated heterocycles. The zero-order valence-corrected chi connectivity index (χ0v) is 11.9. The molecule has 1 amide bonds. The van der Waals surface area contributed by atoms with Crippen molar-refractivity contribution in [2.24, 2.45) is 5.10 Å². The Morgan fingerprint density at radius 2 is 1.83 bits per heavy atom. The summed E-state index contributed by atoms with van der Waals surface area (Å²) in [6.45, 7) is 0. The number of hydrogen-bond donors (Lipinski definition) is 2. The third-order valence-electron chi connectivity index (χ3n) is 2.93. The Labute approximate surface area is 134 Å². The highest BCUT2D eigenvalue weighted by Gasteiger charge is 2.15. The Balaban J connectivity index is 2.13. The van der Waals surface area contributed by atoms with Crippen LogP contribution in [0.25, 0.3) is 0 Å². The second kappa shape index (κ2) is 6.96. The maximum atomic E-state index is 11.9. The number of benzene rings is 2. The van der Waals surface area contributed by atoms with E-state index < -0.39 is 27.2 Å². The predicted octanol–water partition coefficient (Wildman–Crippen LogP) is 1.97. The van der Waals surface area contributed by atoms with E-state index in [2.05, 4.69) is 10.5 Å². The van der Waals surface area contributed by atoms with Gasteiger partial charge in [-0.1, -0.05) is 12.1 Å². The van der Waals surface area contributed by atoms with Crippen LogP contribution in [0.2, 0.25) is 0 Å². The number of amides is 1. The second-order valence-electron chi connectivity index (χ2n) is 4.48. The fourth-order valence-electron chi connectivity index (χ4n) is 1.79. The number of phenols is 1. The number of non-ortho nitro benzene ring substituents is 1. The molecule has 0 radical (unpaired) electrons. The molecule has 0 heterocycles. The van der Waals surface area contributed by atoms with Crippen molar-refractivity contribution in [1.29, 1.82) is 0 Å². The van der Waals surface area contributed by atoms with Crippen molar-refractivity contribution in [3.8, 4) is 5.75 Å². The molecule has 0 fully saturated rings. The van der Waals surface area contributed by atoms with Crippen LogP contribution < -0.4 is 5.43 Å². The van der Waals surface area contributed by atoms with E-state index in [4.69, 9.17) is 0 Å². The van der Waals surface area contributed by atoms with E-state index in [-0.39, 0.29) is 16.8 Å². The van der Waals surface area contributed by atoms with Gasteiger partial charge in [0, 0.05) is 29.3 Å². The van der Waals surface area contributed by atoms with E-state index in [9.17, 15) is 30.1 Å². The van der Waals surface area contributed by atoms with Crippen LogP contribution in [0.1, 0.15) is 15.9 Å². The van der Waals surface area contributed by atoms with Gasteiger partial charge in [-0.15, -0.1) is 0 Å². The summed E-state index contributed by atoms with van der Waals surface area (Å²) in [5.74, 6) is -1.30. The van der Waals surface area contributed by atoms with Gasteiger partial charge in [-0.3, -0.25) is 25.0 Å². The van der Waals surface area contributed by atoms with Crippen LogP contribution >= 0.6 is 0 Å². The van der Waals surface area contributed by atoms with Gasteiger partial charge < -0.3 is 5.11 Å². The van der Waals surface area contributed by atoms with Gasteiger partial charge in [-0.25, -0.2) is 5.43 Å². The van der Waals surface area contributed by atoms with E-state index >= 15 is 0 Å². The lowest BCUT2D eigenvalue weighted by molar-refractivity contribution is -0.385. The fourth-order valence-corrected chi connectivity index (χ4v) is 1.79. The molecule has 0 unspecified atom stereocenters. The van der Waals surface area contributed by atoms with Crippen molar-refractivity contribution in [3.05, 3.63) is 73.8 Å². The van der Waals surface area contributed by atoms with Crippen LogP contribution in [-0.2, 0) is 0 Å². The fraction of sp³-hybridized carbons (Fsp3) is 0. The number of carbonyl (C=O) groups is 1. The van der Waals surface area contributed by atoms with Gasteiger partial charge in [0.15, 0.2) is 0 Å². The van der Waals surface area contributed by atoms with Gasteiger partial charge in [0.25, 0.3) is 11.6 Å². The molecule has 0 bridgehead atoms. The average molecular weight is 330 g/mol. The molecule has 10 heteroatoms. The molecule has 0 aromatic heterocycles. The molecule has 2 N–H and O–H groups in total. The summed E-state index contributed by atoms with van der Waals surface area (Å²) < 4.78 is 0. The van der Waals surface area contributed by atoms with Gasteiger partial charge in [0.2, 0.25) is 5.75 Å². The molecule has 0 atom stereocenters. The van der Waals surface area contributed by atoms with E-state index in [0.29, 0.717) is 0 Å². The molecular formula is C14H10N4O6. The SMILES string of the molecule is O=C(N/N=C/c1cccc([N+](=O)[O-])c1O)c1cccc([N+](=O)[O-])c1. The van der Waals surface area contributed by atoms with Crippen molar-refractivity contribution in [3.63, 3.8) is 0 Å². The number of hydrogen-bond acceptors (Lipinski definition) is 7. The lowest BCUT2D eigenvalue weighted by Gasteiger charge is -2.01. The maximum Gasteiger partial charge on any atom is 0.311 e. The van der Waals surface area contributed by atoms with Crippen LogP contribution in [0.4, 0.5) is 11.4 Å². The highest BCUT2D eigenvalue weighted by molar-refractivity contribution is 5.95. The second-order valence-corrected chi connectivity index (χ2v) is 4.48. The molecule has 122 valence electrons. The van der Waals surface area contributed by atoms with Crippen molar-refractivity contribution in [2.45, 2.75) is 0 Å². The number of nitro benzene ring substituents is 2. The number of nitrogens with one attached hydrogen (secondary N) is 1. The van der Waals surface area contributed by atoms with Crippen molar-refractivity contribution >= 4 is 23.5 Å². The van der Waals surface area contributed by atoms with Crippen molar-refractivity contribution in [1.82, 2.24) is 5.43 Å². The first kappa shape index (κ1) is 16.5. The van der Waals surface area contributed by atoms with Crippen LogP contribution in [-0.4, -0.2) is 27.1 Å². The Morgan fingerprint density at radius 1 is 1.12 bits per heavy atom. The normalized spacial score (nSPS) is 10.5. The van der Waals surface area contributed by atoms with Crippen molar-refractivity contribution < 1.29 is 19.7 Å². The Hall–Kier alpha value is -3.82. The number of carbonyl (C=O) groups excluding carboxylic acids is 1. The lowest BCUT2D eigenvalue weighted by Crippen LogP contribution is -2.17. The molecule has 0 aliphatic rings. The molecule has 0 saturated carbocycles. The van der Waals surface area contributed by atoms with Gasteiger partial charge >= 0.3 is 5.69 Å². The van der Waals surface area contributed by atoms with E-state index in [0.717, 1.165) is 18.3 Å². The zero-order chi connectivity index (χ0) is 17.7. The maximum absolute atomic E-state index is 11.9. The zero-order valence-electron chi connectivity index (χ0n) is 11.9. The first-order valence-corrected chi connectivity index (χ1v) is 6.44.